The van der Waals surface area contributed by atoms with Gasteiger partial charge in [0.1, 0.15) is 0 Å². The molecule has 8 nitrogen and oxygen atoms in total. The molecule has 0 aromatic heterocycles. The van der Waals surface area contributed by atoms with E-state index in [1.54, 1.807) is 30.3 Å². The second kappa shape index (κ2) is 9.40. The molecule has 0 heterocycles. The Kier molecular flexibility index (Phi) is 6.97. The lowest BCUT2D eigenvalue weighted by atomic mass is 9.81. The molecule has 0 amide bonds. The number of nitro benzene ring substituents is 1. The molecule has 0 saturated heterocycles. The number of ketones is 1. The number of hydrogen-bond donors (Lipinski definition) is 0. The second-order valence-electron chi connectivity index (χ2n) is 5.97. The van der Waals surface area contributed by atoms with Crippen molar-refractivity contribution in [3.05, 3.63) is 75.8 Å². The summed E-state index contributed by atoms with van der Waals surface area (Å²) in [6.07, 6.45) is -0.184. The maximum atomic E-state index is 12.7. The van der Waals surface area contributed by atoms with E-state index in [1.807, 2.05) is 0 Å². The van der Waals surface area contributed by atoms with Crippen molar-refractivity contribution in [2.45, 2.75) is 12.3 Å². The minimum atomic E-state index is -1.39. The summed E-state index contributed by atoms with van der Waals surface area (Å²) in [5.41, 5.74) is 0.683. The Morgan fingerprint density at radius 1 is 0.929 bits per heavy atom. The summed E-state index contributed by atoms with van der Waals surface area (Å²) < 4.78 is 9.46. The van der Waals surface area contributed by atoms with Crippen molar-refractivity contribution in [1.82, 2.24) is 0 Å². The van der Waals surface area contributed by atoms with Crippen LogP contribution in [0, 0.1) is 16.0 Å². The van der Waals surface area contributed by atoms with Crippen LogP contribution in [0.2, 0.25) is 0 Å². The third-order valence-corrected chi connectivity index (χ3v) is 4.35. The van der Waals surface area contributed by atoms with Crippen molar-refractivity contribution >= 4 is 23.4 Å². The van der Waals surface area contributed by atoms with Crippen LogP contribution in [0.4, 0.5) is 5.69 Å². The molecule has 1 atom stereocenters. The molecule has 2 aromatic rings. The normalized spacial score (nSPS) is 11.5. The van der Waals surface area contributed by atoms with Crippen molar-refractivity contribution in [3.63, 3.8) is 0 Å². The zero-order valence-electron chi connectivity index (χ0n) is 15.4. The average Bonchev–Trinajstić information content (AvgIpc) is 2.73. The number of Topliss-reactive ketones (excluding diaryl/α,β-unsaturated/α-hetero) is 1. The highest BCUT2D eigenvalue weighted by molar-refractivity contribution is 6.00. The minimum absolute atomic E-state index is 0.149. The fourth-order valence-corrected chi connectivity index (χ4v) is 2.89. The van der Waals surface area contributed by atoms with Gasteiger partial charge in [0, 0.05) is 30.0 Å². The zero-order valence-corrected chi connectivity index (χ0v) is 15.4. The van der Waals surface area contributed by atoms with E-state index in [4.69, 9.17) is 9.47 Å². The molecule has 28 heavy (non-hydrogen) atoms. The molecule has 2 aromatic carbocycles. The summed E-state index contributed by atoms with van der Waals surface area (Å²) in [6.45, 7) is 0. The molecule has 0 aliphatic carbocycles. The number of nitrogens with zero attached hydrogens (tertiary/aromatic N) is 1. The first-order valence-electron chi connectivity index (χ1n) is 8.37. The van der Waals surface area contributed by atoms with Gasteiger partial charge in [-0.1, -0.05) is 42.5 Å². The molecule has 8 heteroatoms. The Bertz CT molecular complexity index is 846. The van der Waals surface area contributed by atoms with E-state index in [1.165, 1.54) is 24.3 Å². The number of hydrogen-bond acceptors (Lipinski definition) is 7. The van der Waals surface area contributed by atoms with Gasteiger partial charge in [-0.15, -0.1) is 0 Å². The molecule has 0 N–H and O–H groups in total. The molecule has 0 unspecified atom stereocenters. The monoisotopic (exact) mass is 385 g/mol. The first-order valence-corrected chi connectivity index (χ1v) is 8.37. The zero-order chi connectivity index (χ0) is 20.7. The topological polar surface area (TPSA) is 113 Å². The Morgan fingerprint density at radius 3 is 1.93 bits per heavy atom. The highest BCUT2D eigenvalue weighted by Crippen LogP contribution is 2.32. The van der Waals surface area contributed by atoms with Gasteiger partial charge in [0.15, 0.2) is 11.7 Å². The maximum Gasteiger partial charge on any atom is 0.320 e. The quantitative estimate of drug-likeness (QED) is 0.226. The summed E-state index contributed by atoms with van der Waals surface area (Å²) in [5.74, 6) is -4.29. The fraction of sp³-hybridized carbons (Fsp3) is 0.250. The molecule has 146 valence electrons. The number of rotatable bonds is 8. The number of benzene rings is 2. The Morgan fingerprint density at radius 2 is 1.46 bits per heavy atom. The average molecular weight is 385 g/mol. The predicted molar refractivity (Wildman–Crippen MR) is 98.7 cm³/mol. The van der Waals surface area contributed by atoms with Gasteiger partial charge in [0.2, 0.25) is 0 Å². The summed E-state index contributed by atoms with van der Waals surface area (Å²) in [4.78, 5) is 47.6. The number of esters is 2. The summed E-state index contributed by atoms with van der Waals surface area (Å²) in [7, 11) is 2.26. The van der Waals surface area contributed by atoms with Crippen LogP contribution in [0.3, 0.4) is 0 Å². The van der Waals surface area contributed by atoms with Gasteiger partial charge in [-0.05, 0) is 5.56 Å². The molecule has 0 radical (unpaired) electrons. The first kappa shape index (κ1) is 20.8. The number of methoxy groups -OCH3 is 2. The fourth-order valence-electron chi connectivity index (χ4n) is 2.89. The lowest BCUT2D eigenvalue weighted by Gasteiger charge is -2.23. The van der Waals surface area contributed by atoms with Crippen LogP contribution in [0.1, 0.15) is 28.3 Å². The largest absolute Gasteiger partial charge is 0.468 e. The van der Waals surface area contributed by atoms with Crippen molar-refractivity contribution < 1.29 is 28.8 Å². The molecular weight excluding hydrogens is 366 g/mol. The van der Waals surface area contributed by atoms with Crippen LogP contribution < -0.4 is 0 Å². The molecule has 0 spiro atoms. The molecule has 0 aliphatic rings. The Balaban J connectivity index is 2.46. The number of non-ortho nitro benzene ring substituents is 1. The first-order chi connectivity index (χ1) is 13.4. The standard InChI is InChI=1S/C20H19NO7/c1-27-19(23)18(20(24)28-2)16(12-17(22)14-6-4-3-5-7-14)13-8-10-15(11-9-13)21(25)26/h3-11,16,18H,12H2,1-2H3/t16-/m1/s1. The van der Waals surface area contributed by atoms with E-state index in [-0.39, 0.29) is 17.9 Å². The number of carbonyl (C=O) groups excluding carboxylic acids is 3. The molecule has 0 bridgehead atoms. The number of ether oxygens (including phenoxy) is 2. The van der Waals surface area contributed by atoms with Crippen molar-refractivity contribution in [2.24, 2.45) is 5.92 Å². The Labute approximate surface area is 161 Å². The molecule has 0 aliphatic heterocycles. The summed E-state index contributed by atoms with van der Waals surface area (Å²) in [6, 6.07) is 13.7. The lowest BCUT2D eigenvalue weighted by Crippen LogP contribution is -2.33. The second-order valence-corrected chi connectivity index (χ2v) is 5.97. The van der Waals surface area contributed by atoms with Gasteiger partial charge in [0.05, 0.1) is 19.1 Å². The summed E-state index contributed by atoms with van der Waals surface area (Å²) in [5, 5.41) is 10.9. The van der Waals surface area contributed by atoms with Crippen LogP contribution in [0.25, 0.3) is 0 Å². The van der Waals surface area contributed by atoms with Crippen LogP contribution in [0.5, 0.6) is 0 Å². The predicted octanol–water partition coefficient (Wildman–Crippen LogP) is 2.91. The van der Waals surface area contributed by atoms with Gasteiger partial charge >= 0.3 is 11.9 Å². The van der Waals surface area contributed by atoms with Crippen LogP contribution in [0.15, 0.2) is 54.6 Å². The van der Waals surface area contributed by atoms with Gasteiger partial charge in [-0.3, -0.25) is 24.5 Å². The van der Waals surface area contributed by atoms with Gasteiger partial charge in [0.25, 0.3) is 5.69 Å². The van der Waals surface area contributed by atoms with Crippen molar-refractivity contribution in [1.29, 1.82) is 0 Å². The SMILES string of the molecule is COC(=O)C(C(=O)OC)[C@H](CC(=O)c1ccccc1)c1ccc([N+](=O)[O-])cc1. The van der Waals surface area contributed by atoms with E-state index >= 15 is 0 Å². The lowest BCUT2D eigenvalue weighted by molar-refractivity contribution is -0.384. The van der Waals surface area contributed by atoms with Crippen molar-refractivity contribution in [3.8, 4) is 0 Å². The molecule has 2 rings (SSSR count). The number of carbonyl (C=O) groups is 3. The maximum absolute atomic E-state index is 12.7. The number of nitro groups is 1. The van der Waals surface area contributed by atoms with Gasteiger partial charge in [-0.25, -0.2) is 0 Å². The molecule has 0 saturated carbocycles. The van der Waals surface area contributed by atoms with E-state index in [0.717, 1.165) is 14.2 Å². The highest BCUT2D eigenvalue weighted by atomic mass is 16.6. The smallest absolute Gasteiger partial charge is 0.320 e. The van der Waals surface area contributed by atoms with Crippen LogP contribution >= 0.6 is 0 Å². The van der Waals surface area contributed by atoms with E-state index in [0.29, 0.717) is 11.1 Å². The molecule has 0 fully saturated rings. The summed E-state index contributed by atoms with van der Waals surface area (Å²) >= 11 is 0. The minimum Gasteiger partial charge on any atom is -0.468 e. The van der Waals surface area contributed by atoms with E-state index in [9.17, 15) is 24.5 Å². The van der Waals surface area contributed by atoms with Crippen LogP contribution in [-0.2, 0) is 19.1 Å². The van der Waals surface area contributed by atoms with Gasteiger partial charge in [-0.2, -0.15) is 0 Å². The highest BCUT2D eigenvalue weighted by Gasteiger charge is 2.39. The van der Waals surface area contributed by atoms with E-state index < -0.39 is 28.7 Å². The third-order valence-electron chi connectivity index (χ3n) is 4.35. The Hall–Kier alpha value is -3.55. The third kappa shape index (κ3) is 4.79. The van der Waals surface area contributed by atoms with Gasteiger partial charge < -0.3 is 9.47 Å². The van der Waals surface area contributed by atoms with Crippen molar-refractivity contribution in [2.75, 3.05) is 14.2 Å². The van der Waals surface area contributed by atoms with Crippen LogP contribution in [-0.4, -0.2) is 36.9 Å². The van der Waals surface area contributed by atoms with E-state index in [2.05, 4.69) is 0 Å². The molecular formula is C20H19NO7.